The van der Waals surface area contributed by atoms with E-state index in [0.717, 1.165) is 30.2 Å². The monoisotopic (exact) mass is 501 g/mol. The Hall–Kier alpha value is -3.05. The predicted octanol–water partition coefficient (Wildman–Crippen LogP) is 2.86. The molecular formula is C24H28FN5O4S. The molecule has 1 aliphatic carbocycles. The number of ether oxygens (including phenoxy) is 1. The van der Waals surface area contributed by atoms with Crippen molar-refractivity contribution in [3.8, 4) is 5.82 Å². The average molecular weight is 502 g/mol. The molecule has 3 aromatic rings. The number of aromatic nitrogens is 3. The second-order valence-corrected chi connectivity index (χ2v) is 11.4. The van der Waals surface area contributed by atoms with Crippen molar-refractivity contribution in [3.63, 3.8) is 0 Å². The van der Waals surface area contributed by atoms with Crippen molar-refractivity contribution in [2.24, 2.45) is 0 Å². The number of nitrogens with one attached hydrogen (secondary N) is 1. The highest BCUT2D eigenvalue weighted by Gasteiger charge is 2.40. The summed E-state index contributed by atoms with van der Waals surface area (Å²) < 4.78 is 48.1. The van der Waals surface area contributed by atoms with Crippen molar-refractivity contribution in [2.45, 2.75) is 37.8 Å². The van der Waals surface area contributed by atoms with E-state index in [1.807, 2.05) is 19.1 Å². The molecule has 11 heteroatoms. The third-order valence-electron chi connectivity index (χ3n) is 6.55. The first-order valence-electron chi connectivity index (χ1n) is 11.6. The number of amides is 1. The molecule has 1 saturated heterocycles. The molecule has 0 unspecified atom stereocenters. The summed E-state index contributed by atoms with van der Waals surface area (Å²) in [6.07, 6.45) is 4.69. The van der Waals surface area contributed by atoms with E-state index in [2.05, 4.69) is 15.4 Å². The van der Waals surface area contributed by atoms with Crippen LogP contribution in [0.2, 0.25) is 0 Å². The van der Waals surface area contributed by atoms with Crippen LogP contribution in [0.4, 0.5) is 10.1 Å². The van der Waals surface area contributed by atoms with Crippen LogP contribution < -0.4 is 9.62 Å². The SMILES string of the molecule is CNC(=O)c1c2cc(C3CC3)c(N(CCC3(F)COC3)S(C)(=O)=O)cc2nn1-c1ccc(C)cn1. The number of aryl methyl sites for hydroxylation is 1. The van der Waals surface area contributed by atoms with Crippen LogP contribution >= 0.6 is 0 Å². The Morgan fingerprint density at radius 3 is 2.60 bits per heavy atom. The number of benzene rings is 1. The van der Waals surface area contributed by atoms with Gasteiger partial charge in [0.1, 0.15) is 5.69 Å². The van der Waals surface area contributed by atoms with E-state index in [-0.39, 0.29) is 38.0 Å². The Bertz CT molecular complexity index is 1400. The molecule has 0 bridgehead atoms. The Balaban J connectivity index is 1.67. The number of fused-ring (bicyclic) bond motifs is 1. The second kappa shape index (κ2) is 8.56. The molecule has 3 heterocycles. The van der Waals surface area contributed by atoms with Crippen LogP contribution in [-0.4, -0.2) is 67.8 Å². The highest BCUT2D eigenvalue weighted by molar-refractivity contribution is 7.92. The lowest BCUT2D eigenvalue weighted by molar-refractivity contribution is -0.131. The van der Waals surface area contributed by atoms with Gasteiger partial charge in [0, 0.05) is 31.6 Å². The lowest BCUT2D eigenvalue weighted by atomic mass is 9.99. The van der Waals surface area contributed by atoms with Gasteiger partial charge in [-0.05, 0) is 55.0 Å². The number of rotatable bonds is 8. The zero-order valence-electron chi connectivity index (χ0n) is 19.9. The largest absolute Gasteiger partial charge is 0.375 e. The van der Waals surface area contributed by atoms with Crippen LogP contribution in [0.5, 0.6) is 0 Å². The summed E-state index contributed by atoms with van der Waals surface area (Å²) in [5, 5.41) is 7.92. The number of sulfonamides is 1. The average Bonchev–Trinajstić information content (AvgIpc) is 3.57. The minimum Gasteiger partial charge on any atom is -0.375 e. The van der Waals surface area contributed by atoms with Gasteiger partial charge in [-0.2, -0.15) is 5.10 Å². The van der Waals surface area contributed by atoms with Gasteiger partial charge in [0.05, 0.1) is 30.7 Å². The molecule has 1 aliphatic heterocycles. The number of pyridine rings is 1. The van der Waals surface area contributed by atoms with Gasteiger partial charge in [-0.3, -0.25) is 9.10 Å². The van der Waals surface area contributed by atoms with E-state index in [1.54, 1.807) is 25.4 Å². The summed E-state index contributed by atoms with van der Waals surface area (Å²) in [6, 6.07) is 7.22. The Morgan fingerprint density at radius 2 is 2.06 bits per heavy atom. The molecule has 5 rings (SSSR count). The smallest absolute Gasteiger partial charge is 0.270 e. The number of alkyl halides is 1. The van der Waals surface area contributed by atoms with E-state index in [4.69, 9.17) is 4.74 Å². The summed E-state index contributed by atoms with van der Waals surface area (Å²) in [5.41, 5.74) is 1.54. The maximum Gasteiger partial charge on any atom is 0.270 e. The van der Waals surface area contributed by atoms with Crippen LogP contribution in [0, 0.1) is 6.92 Å². The molecule has 0 radical (unpaired) electrons. The molecule has 9 nitrogen and oxygen atoms in total. The fourth-order valence-corrected chi connectivity index (χ4v) is 5.34. The number of nitrogens with zero attached hydrogens (tertiary/aromatic N) is 4. The third kappa shape index (κ3) is 4.50. The van der Waals surface area contributed by atoms with E-state index in [1.165, 1.54) is 8.99 Å². The molecule has 35 heavy (non-hydrogen) atoms. The van der Waals surface area contributed by atoms with Crippen LogP contribution in [-0.2, 0) is 14.8 Å². The van der Waals surface area contributed by atoms with Gasteiger partial charge >= 0.3 is 0 Å². The normalized spacial score (nSPS) is 17.3. The van der Waals surface area contributed by atoms with Gasteiger partial charge in [0.25, 0.3) is 5.91 Å². The van der Waals surface area contributed by atoms with Crippen molar-refractivity contribution in [2.75, 3.05) is 37.4 Å². The quantitative estimate of drug-likeness (QED) is 0.509. The zero-order valence-corrected chi connectivity index (χ0v) is 20.7. The van der Waals surface area contributed by atoms with Gasteiger partial charge in [0.2, 0.25) is 10.0 Å². The van der Waals surface area contributed by atoms with Gasteiger partial charge in [-0.1, -0.05) is 6.07 Å². The van der Waals surface area contributed by atoms with Gasteiger partial charge < -0.3 is 10.1 Å². The van der Waals surface area contributed by atoms with E-state index >= 15 is 0 Å². The topological polar surface area (TPSA) is 106 Å². The van der Waals surface area contributed by atoms with Crippen LogP contribution in [0.1, 0.15) is 46.8 Å². The summed E-state index contributed by atoms with van der Waals surface area (Å²) in [5.74, 6) is 0.321. The van der Waals surface area contributed by atoms with Crippen LogP contribution in [0.25, 0.3) is 16.7 Å². The molecule has 1 saturated carbocycles. The Labute approximate surface area is 203 Å². The van der Waals surface area contributed by atoms with Crippen molar-refractivity contribution in [1.29, 1.82) is 0 Å². The minimum absolute atomic E-state index is 0.00749. The van der Waals surface area contributed by atoms with Crippen molar-refractivity contribution in [3.05, 3.63) is 47.3 Å². The van der Waals surface area contributed by atoms with E-state index in [9.17, 15) is 17.6 Å². The molecule has 2 aromatic heterocycles. The summed E-state index contributed by atoms with van der Waals surface area (Å²) >= 11 is 0. The van der Waals surface area contributed by atoms with Gasteiger partial charge in [-0.25, -0.2) is 22.5 Å². The number of halogens is 1. The standard InChI is InChI=1S/C24H28FN5O4S/c1-15-4-7-21(27-12-15)30-22(23(31)26-2)18-10-17(16-5-6-16)20(11-19(18)28-30)29(35(3,32)33)9-8-24(25)13-34-14-24/h4,7,10-12,16H,5-6,8-9,13-14H2,1-3H3,(H,26,31). The predicted molar refractivity (Wildman–Crippen MR) is 130 cm³/mol. The third-order valence-corrected chi connectivity index (χ3v) is 7.73. The fourth-order valence-electron chi connectivity index (χ4n) is 4.40. The Morgan fingerprint density at radius 1 is 1.31 bits per heavy atom. The van der Waals surface area contributed by atoms with Gasteiger partial charge in [-0.15, -0.1) is 0 Å². The molecule has 2 aliphatic rings. The first kappa shape index (κ1) is 23.7. The summed E-state index contributed by atoms with van der Waals surface area (Å²) in [7, 11) is -2.15. The highest BCUT2D eigenvalue weighted by Crippen LogP contribution is 2.47. The molecule has 1 N–H and O–H groups in total. The molecule has 186 valence electrons. The van der Waals surface area contributed by atoms with Crippen molar-refractivity contribution >= 4 is 32.5 Å². The maximum absolute atomic E-state index is 14.7. The number of carbonyl (C=O) groups is 1. The van der Waals surface area contributed by atoms with Gasteiger partial charge in [0.15, 0.2) is 11.5 Å². The summed E-state index contributed by atoms with van der Waals surface area (Å²) in [4.78, 5) is 17.3. The molecule has 1 amide bonds. The maximum atomic E-state index is 14.7. The lowest BCUT2D eigenvalue weighted by Crippen LogP contribution is -2.48. The molecule has 1 aromatic carbocycles. The van der Waals surface area contributed by atoms with E-state index < -0.39 is 15.7 Å². The lowest BCUT2D eigenvalue weighted by Gasteiger charge is -2.35. The zero-order chi connectivity index (χ0) is 25.0. The second-order valence-electron chi connectivity index (χ2n) is 9.46. The molecule has 0 atom stereocenters. The fraction of sp³-hybridized carbons (Fsp3) is 0.458. The van der Waals surface area contributed by atoms with Crippen molar-refractivity contribution in [1.82, 2.24) is 20.1 Å². The number of anilines is 1. The van der Waals surface area contributed by atoms with Crippen LogP contribution in [0.3, 0.4) is 0 Å². The van der Waals surface area contributed by atoms with E-state index in [0.29, 0.717) is 28.1 Å². The highest BCUT2D eigenvalue weighted by atomic mass is 32.2. The van der Waals surface area contributed by atoms with Crippen LogP contribution in [0.15, 0.2) is 30.5 Å². The number of hydrogen-bond acceptors (Lipinski definition) is 6. The van der Waals surface area contributed by atoms with Crippen molar-refractivity contribution < 1.29 is 22.3 Å². The molecular weight excluding hydrogens is 473 g/mol. The first-order chi connectivity index (χ1) is 16.6. The number of hydrogen-bond donors (Lipinski definition) is 1. The molecule has 0 spiro atoms. The number of carbonyl (C=O) groups excluding carboxylic acids is 1. The minimum atomic E-state index is -3.70. The summed E-state index contributed by atoms with van der Waals surface area (Å²) in [6.45, 7) is 1.86. The molecule has 2 fully saturated rings. The Kier molecular flexibility index (Phi) is 5.79. The first-order valence-corrected chi connectivity index (χ1v) is 13.4.